The molecule has 1 heterocycles. The zero-order valence-corrected chi connectivity index (χ0v) is 9.15. The molecule has 0 unspecified atom stereocenters. The van der Waals surface area contributed by atoms with Gasteiger partial charge in [0.15, 0.2) is 0 Å². The number of rotatable bonds is 1. The molecule has 2 aromatic rings. The van der Waals surface area contributed by atoms with Crippen LogP contribution in [0, 0.1) is 0 Å². The molecule has 0 saturated carbocycles. The molecule has 0 fully saturated rings. The Balaban J connectivity index is 2.88. The third kappa shape index (κ3) is 1.30. The van der Waals surface area contributed by atoms with Crippen molar-refractivity contribution in [3.05, 3.63) is 23.1 Å². The van der Waals surface area contributed by atoms with E-state index in [1.165, 1.54) is 11.3 Å². The maximum absolute atomic E-state index is 9.58. The van der Waals surface area contributed by atoms with Crippen molar-refractivity contribution in [3.63, 3.8) is 0 Å². The van der Waals surface area contributed by atoms with Gasteiger partial charge in [0, 0.05) is 26.5 Å². The van der Waals surface area contributed by atoms with Crippen LogP contribution in [0.4, 0.5) is 5.69 Å². The van der Waals surface area contributed by atoms with Crippen LogP contribution in [-0.2, 0) is 5.33 Å². The molecule has 1 aromatic heterocycles. The first-order valence-electron chi connectivity index (χ1n) is 3.77. The van der Waals surface area contributed by atoms with Gasteiger partial charge in [-0.3, -0.25) is 0 Å². The molecule has 0 radical (unpaired) electrons. The fourth-order valence-electron chi connectivity index (χ4n) is 1.34. The minimum absolute atomic E-state index is 0.321. The average Bonchev–Trinajstić information content (AvgIpc) is 2.49. The van der Waals surface area contributed by atoms with E-state index >= 15 is 0 Å². The van der Waals surface area contributed by atoms with E-state index < -0.39 is 0 Å². The first-order valence-corrected chi connectivity index (χ1v) is 5.77. The largest absolute Gasteiger partial charge is 0.506 e. The van der Waals surface area contributed by atoms with Crippen molar-refractivity contribution in [1.29, 1.82) is 0 Å². The standard InChI is InChI=1S/C9H8BrNOS/c10-3-5-6(11)1-2-8-9(5)7(12)4-13-8/h1-2,4,12H,3,11H2. The second-order valence-electron chi connectivity index (χ2n) is 2.76. The highest BCUT2D eigenvalue weighted by atomic mass is 79.9. The van der Waals surface area contributed by atoms with E-state index in [9.17, 15) is 5.11 Å². The van der Waals surface area contributed by atoms with Crippen LogP contribution in [0.3, 0.4) is 0 Å². The summed E-state index contributed by atoms with van der Waals surface area (Å²) >= 11 is 4.89. The molecule has 3 N–H and O–H groups in total. The van der Waals surface area contributed by atoms with Crippen molar-refractivity contribution < 1.29 is 5.11 Å². The number of anilines is 1. The molecule has 0 aliphatic carbocycles. The summed E-state index contributed by atoms with van der Waals surface area (Å²) < 4.78 is 1.07. The highest BCUT2D eigenvalue weighted by Crippen LogP contribution is 2.37. The summed E-state index contributed by atoms with van der Waals surface area (Å²) in [4.78, 5) is 0. The van der Waals surface area contributed by atoms with E-state index in [2.05, 4.69) is 15.9 Å². The third-order valence-corrected chi connectivity index (χ3v) is 3.49. The van der Waals surface area contributed by atoms with Gasteiger partial charge in [0.1, 0.15) is 5.75 Å². The highest BCUT2D eigenvalue weighted by Gasteiger charge is 2.09. The molecular formula is C9H8BrNOS. The molecule has 68 valence electrons. The molecule has 0 spiro atoms. The Morgan fingerprint density at radius 3 is 2.92 bits per heavy atom. The number of nitrogen functional groups attached to an aromatic ring is 1. The van der Waals surface area contributed by atoms with Gasteiger partial charge in [0.25, 0.3) is 0 Å². The maximum Gasteiger partial charge on any atom is 0.134 e. The Morgan fingerprint density at radius 1 is 1.46 bits per heavy atom. The van der Waals surface area contributed by atoms with Crippen LogP contribution >= 0.6 is 27.3 Å². The smallest absolute Gasteiger partial charge is 0.134 e. The molecule has 0 bridgehead atoms. The van der Waals surface area contributed by atoms with Gasteiger partial charge in [-0.1, -0.05) is 15.9 Å². The van der Waals surface area contributed by atoms with Crippen LogP contribution in [-0.4, -0.2) is 5.11 Å². The molecule has 13 heavy (non-hydrogen) atoms. The van der Waals surface area contributed by atoms with Crippen molar-refractivity contribution in [3.8, 4) is 5.75 Å². The van der Waals surface area contributed by atoms with Gasteiger partial charge in [-0.05, 0) is 17.7 Å². The topological polar surface area (TPSA) is 46.2 Å². The van der Waals surface area contributed by atoms with Crippen molar-refractivity contribution in [2.45, 2.75) is 5.33 Å². The zero-order valence-electron chi connectivity index (χ0n) is 6.75. The van der Waals surface area contributed by atoms with Gasteiger partial charge >= 0.3 is 0 Å². The number of halogens is 1. The molecule has 0 atom stereocenters. The first-order chi connectivity index (χ1) is 6.24. The second kappa shape index (κ2) is 3.20. The lowest BCUT2D eigenvalue weighted by Crippen LogP contribution is -1.91. The number of hydrogen-bond donors (Lipinski definition) is 2. The summed E-state index contributed by atoms with van der Waals surface area (Å²) in [5.74, 6) is 0.321. The predicted octanol–water partition coefficient (Wildman–Crippen LogP) is 3.08. The van der Waals surface area contributed by atoms with Gasteiger partial charge in [0.05, 0.1) is 0 Å². The molecule has 1 aromatic carbocycles. The van der Waals surface area contributed by atoms with Gasteiger partial charge in [-0.15, -0.1) is 11.3 Å². The Hall–Kier alpha value is -0.740. The number of nitrogens with two attached hydrogens (primary N) is 1. The number of thiophene rings is 1. The van der Waals surface area contributed by atoms with E-state index in [0.29, 0.717) is 11.1 Å². The fourth-order valence-corrected chi connectivity index (χ4v) is 2.80. The number of alkyl halides is 1. The van der Waals surface area contributed by atoms with Crippen molar-refractivity contribution in [2.24, 2.45) is 0 Å². The van der Waals surface area contributed by atoms with Gasteiger partial charge in [-0.25, -0.2) is 0 Å². The van der Waals surface area contributed by atoms with E-state index in [1.54, 1.807) is 5.38 Å². The van der Waals surface area contributed by atoms with E-state index in [-0.39, 0.29) is 0 Å². The SMILES string of the molecule is Nc1ccc2scc(O)c2c1CBr. The van der Waals surface area contributed by atoms with Crippen molar-refractivity contribution >= 4 is 43.0 Å². The summed E-state index contributed by atoms with van der Waals surface area (Å²) in [6.07, 6.45) is 0. The van der Waals surface area contributed by atoms with Crippen molar-refractivity contribution in [1.82, 2.24) is 0 Å². The third-order valence-electron chi connectivity index (χ3n) is 2.00. The number of benzene rings is 1. The zero-order chi connectivity index (χ0) is 9.42. The Kier molecular flexibility index (Phi) is 2.17. The van der Waals surface area contributed by atoms with E-state index in [4.69, 9.17) is 5.73 Å². The summed E-state index contributed by atoms with van der Waals surface area (Å²) in [5, 5.41) is 12.9. The molecule has 2 nitrogen and oxygen atoms in total. The minimum atomic E-state index is 0.321. The second-order valence-corrected chi connectivity index (χ2v) is 4.23. The van der Waals surface area contributed by atoms with Gasteiger partial charge in [0.2, 0.25) is 0 Å². The quantitative estimate of drug-likeness (QED) is 0.610. The summed E-state index contributed by atoms with van der Waals surface area (Å²) in [6.45, 7) is 0. The molecule has 4 heteroatoms. The number of aromatic hydroxyl groups is 1. The Labute approximate surface area is 88.1 Å². The lowest BCUT2D eigenvalue weighted by Gasteiger charge is -2.03. The summed E-state index contributed by atoms with van der Waals surface area (Å²) in [6, 6.07) is 3.80. The maximum atomic E-state index is 9.58. The molecule has 0 saturated heterocycles. The molecule has 2 rings (SSSR count). The monoisotopic (exact) mass is 257 g/mol. The highest BCUT2D eigenvalue weighted by molar-refractivity contribution is 9.08. The van der Waals surface area contributed by atoms with Crippen molar-refractivity contribution in [2.75, 3.05) is 5.73 Å². The molecule has 0 aliphatic heterocycles. The average molecular weight is 258 g/mol. The summed E-state index contributed by atoms with van der Waals surface area (Å²) in [5.41, 5.74) is 7.48. The molecule has 0 amide bonds. The van der Waals surface area contributed by atoms with Crippen LogP contribution in [0.1, 0.15) is 5.56 Å². The predicted molar refractivity (Wildman–Crippen MR) is 60.5 cm³/mol. The van der Waals surface area contributed by atoms with E-state index in [1.807, 2.05) is 12.1 Å². The number of hydrogen-bond acceptors (Lipinski definition) is 3. The molecule has 0 aliphatic rings. The van der Waals surface area contributed by atoms with Gasteiger partial charge in [-0.2, -0.15) is 0 Å². The van der Waals surface area contributed by atoms with Gasteiger partial charge < -0.3 is 10.8 Å². The summed E-state index contributed by atoms with van der Waals surface area (Å²) in [7, 11) is 0. The lowest BCUT2D eigenvalue weighted by molar-refractivity contribution is 0.483. The lowest BCUT2D eigenvalue weighted by atomic mass is 10.1. The first kappa shape index (κ1) is 8.84. The van der Waals surface area contributed by atoms with Crippen LogP contribution in [0.2, 0.25) is 0 Å². The fraction of sp³-hybridized carbons (Fsp3) is 0.111. The minimum Gasteiger partial charge on any atom is -0.506 e. The Bertz CT molecular complexity index is 452. The van der Waals surface area contributed by atoms with Crippen LogP contribution in [0.25, 0.3) is 10.1 Å². The molecular weight excluding hydrogens is 250 g/mol. The normalized spacial score (nSPS) is 10.8. The van der Waals surface area contributed by atoms with E-state index in [0.717, 1.165) is 21.3 Å². The Morgan fingerprint density at radius 2 is 2.23 bits per heavy atom. The number of fused-ring (bicyclic) bond motifs is 1. The van der Waals surface area contributed by atoms with Crippen LogP contribution in [0.15, 0.2) is 17.5 Å². The van der Waals surface area contributed by atoms with Crippen LogP contribution < -0.4 is 5.73 Å². The van der Waals surface area contributed by atoms with Crippen LogP contribution in [0.5, 0.6) is 5.75 Å².